The van der Waals surface area contributed by atoms with E-state index in [9.17, 15) is 4.79 Å². The molecule has 1 aromatic heterocycles. The van der Waals surface area contributed by atoms with Gasteiger partial charge in [-0.15, -0.1) is 5.10 Å². The Kier molecular flexibility index (Phi) is 2.09. The first kappa shape index (κ1) is 9.20. The summed E-state index contributed by atoms with van der Waals surface area (Å²) in [5.74, 6) is 5.27. The second-order valence-corrected chi connectivity index (χ2v) is 2.89. The summed E-state index contributed by atoms with van der Waals surface area (Å²) in [6.07, 6.45) is 0. The lowest BCUT2D eigenvalue weighted by Crippen LogP contribution is -2.30. The van der Waals surface area contributed by atoms with Crippen LogP contribution in [0.15, 0.2) is 35.1 Å². The summed E-state index contributed by atoms with van der Waals surface area (Å²) in [4.78, 5) is 11.6. The molecule has 0 saturated heterocycles. The van der Waals surface area contributed by atoms with Crippen LogP contribution in [0.4, 0.5) is 0 Å². The number of hydrogen-bond acceptors (Lipinski definition) is 5. The minimum Gasteiger partial charge on any atom is -0.478 e. The van der Waals surface area contributed by atoms with Crippen molar-refractivity contribution in [2.75, 3.05) is 5.84 Å². The molecule has 6 heteroatoms. The molecule has 0 saturated carbocycles. The average molecular weight is 204 g/mol. The van der Waals surface area contributed by atoms with Crippen molar-refractivity contribution in [1.29, 1.82) is 0 Å². The summed E-state index contributed by atoms with van der Waals surface area (Å²) < 4.78 is 0.551. The van der Waals surface area contributed by atoms with Gasteiger partial charge in [0.2, 0.25) is 0 Å². The van der Waals surface area contributed by atoms with E-state index in [1.54, 1.807) is 24.3 Å². The SMILES string of the molecule is Nn1c(O)nnc(-c2ccccc2)c1=O. The standard InChI is InChI=1S/C9H8N4O2/c10-13-8(14)7(11-12-9(13)15)6-4-2-1-3-5-6/h1-5H,10H2,(H,12,15). The number of hydrogen-bond donors (Lipinski definition) is 2. The molecule has 2 aromatic rings. The fraction of sp³-hybridized carbons (Fsp3) is 0. The first-order valence-corrected chi connectivity index (χ1v) is 4.19. The van der Waals surface area contributed by atoms with Gasteiger partial charge in [-0.1, -0.05) is 35.4 Å². The number of rotatable bonds is 1. The Balaban J connectivity index is 2.66. The molecule has 0 spiro atoms. The Morgan fingerprint density at radius 2 is 1.87 bits per heavy atom. The zero-order valence-electron chi connectivity index (χ0n) is 7.66. The van der Waals surface area contributed by atoms with Crippen LogP contribution >= 0.6 is 0 Å². The van der Waals surface area contributed by atoms with Gasteiger partial charge in [0.1, 0.15) is 0 Å². The van der Waals surface area contributed by atoms with E-state index in [1.165, 1.54) is 0 Å². The van der Waals surface area contributed by atoms with Gasteiger partial charge in [0, 0.05) is 5.56 Å². The molecule has 2 rings (SSSR count). The van der Waals surface area contributed by atoms with Gasteiger partial charge >= 0.3 is 11.6 Å². The number of nitrogens with zero attached hydrogens (tertiary/aromatic N) is 3. The van der Waals surface area contributed by atoms with Gasteiger partial charge in [0.15, 0.2) is 5.69 Å². The Labute approximate surface area is 84.6 Å². The molecule has 3 N–H and O–H groups in total. The second kappa shape index (κ2) is 3.41. The van der Waals surface area contributed by atoms with E-state index in [0.717, 1.165) is 0 Å². The molecule has 0 unspecified atom stereocenters. The van der Waals surface area contributed by atoms with Gasteiger partial charge < -0.3 is 10.9 Å². The van der Waals surface area contributed by atoms with Crippen molar-refractivity contribution in [2.45, 2.75) is 0 Å². The highest BCUT2D eigenvalue weighted by molar-refractivity contribution is 5.57. The third kappa shape index (κ3) is 1.52. The van der Waals surface area contributed by atoms with E-state index < -0.39 is 11.6 Å². The monoisotopic (exact) mass is 204 g/mol. The molecular formula is C9H8N4O2. The maximum atomic E-state index is 11.6. The van der Waals surface area contributed by atoms with Crippen LogP contribution in [0.5, 0.6) is 6.01 Å². The Hall–Kier alpha value is -2.37. The van der Waals surface area contributed by atoms with E-state index in [1.807, 2.05) is 6.07 Å². The predicted molar refractivity (Wildman–Crippen MR) is 53.5 cm³/mol. The summed E-state index contributed by atoms with van der Waals surface area (Å²) in [5.41, 5.74) is 0.124. The molecule has 76 valence electrons. The van der Waals surface area contributed by atoms with E-state index in [0.29, 0.717) is 10.2 Å². The number of nitrogens with two attached hydrogens (primary N) is 1. The normalized spacial score (nSPS) is 10.1. The molecule has 1 heterocycles. The Morgan fingerprint density at radius 1 is 1.20 bits per heavy atom. The first-order chi connectivity index (χ1) is 7.20. The molecule has 0 bridgehead atoms. The second-order valence-electron chi connectivity index (χ2n) is 2.89. The van der Waals surface area contributed by atoms with Crippen molar-refractivity contribution in [3.63, 3.8) is 0 Å². The summed E-state index contributed by atoms with van der Waals surface area (Å²) in [6, 6.07) is 8.16. The van der Waals surface area contributed by atoms with E-state index >= 15 is 0 Å². The molecule has 0 aliphatic rings. The molecule has 0 amide bonds. The third-order valence-corrected chi connectivity index (χ3v) is 1.92. The van der Waals surface area contributed by atoms with Crippen LogP contribution in [0.3, 0.4) is 0 Å². The highest BCUT2D eigenvalue weighted by Crippen LogP contribution is 2.11. The fourth-order valence-corrected chi connectivity index (χ4v) is 1.17. The summed E-state index contributed by atoms with van der Waals surface area (Å²) >= 11 is 0. The maximum absolute atomic E-state index is 11.6. The lowest BCUT2D eigenvalue weighted by molar-refractivity contribution is 0.397. The summed E-state index contributed by atoms with van der Waals surface area (Å²) in [5, 5.41) is 16.0. The molecule has 15 heavy (non-hydrogen) atoms. The van der Waals surface area contributed by atoms with Crippen molar-refractivity contribution in [2.24, 2.45) is 0 Å². The quantitative estimate of drug-likeness (QED) is 0.623. The molecule has 6 nitrogen and oxygen atoms in total. The minimum atomic E-state index is -0.611. The number of aromatic nitrogens is 3. The van der Waals surface area contributed by atoms with Crippen LogP contribution in [0.1, 0.15) is 0 Å². The van der Waals surface area contributed by atoms with Crippen LogP contribution in [-0.2, 0) is 0 Å². The topological polar surface area (TPSA) is 94.0 Å². The number of benzene rings is 1. The van der Waals surface area contributed by atoms with Crippen molar-refractivity contribution < 1.29 is 5.11 Å². The molecule has 0 fully saturated rings. The minimum absolute atomic E-state index is 0.107. The van der Waals surface area contributed by atoms with E-state index in [-0.39, 0.29) is 5.69 Å². The average Bonchev–Trinajstić information content (AvgIpc) is 2.27. The van der Waals surface area contributed by atoms with Gasteiger partial charge in [-0.25, -0.2) is 0 Å². The van der Waals surface area contributed by atoms with Gasteiger partial charge in [-0.05, 0) is 0 Å². The fourth-order valence-electron chi connectivity index (χ4n) is 1.17. The van der Waals surface area contributed by atoms with Crippen molar-refractivity contribution in [3.8, 4) is 17.3 Å². The largest absolute Gasteiger partial charge is 0.478 e. The highest BCUT2D eigenvalue weighted by atomic mass is 16.3. The Bertz CT molecular complexity index is 536. The maximum Gasteiger partial charge on any atom is 0.335 e. The first-order valence-electron chi connectivity index (χ1n) is 4.19. The molecule has 0 aliphatic heterocycles. The van der Waals surface area contributed by atoms with Gasteiger partial charge in [-0.2, -0.15) is 4.68 Å². The van der Waals surface area contributed by atoms with Crippen LogP contribution in [0, 0.1) is 0 Å². The van der Waals surface area contributed by atoms with Crippen molar-refractivity contribution >= 4 is 0 Å². The summed E-state index contributed by atoms with van der Waals surface area (Å²) in [7, 11) is 0. The van der Waals surface area contributed by atoms with Gasteiger partial charge in [0.05, 0.1) is 0 Å². The van der Waals surface area contributed by atoms with E-state index in [2.05, 4.69) is 10.2 Å². The molecule has 0 aliphatic carbocycles. The lowest BCUT2D eigenvalue weighted by atomic mass is 10.2. The number of nitrogen functional groups attached to an aromatic ring is 1. The van der Waals surface area contributed by atoms with Crippen LogP contribution < -0.4 is 11.4 Å². The van der Waals surface area contributed by atoms with Gasteiger partial charge in [0.25, 0.3) is 0 Å². The van der Waals surface area contributed by atoms with E-state index in [4.69, 9.17) is 10.9 Å². The smallest absolute Gasteiger partial charge is 0.335 e. The number of aromatic hydroxyl groups is 1. The van der Waals surface area contributed by atoms with Crippen LogP contribution in [0.2, 0.25) is 0 Å². The molecule has 0 radical (unpaired) electrons. The molecule has 1 aromatic carbocycles. The highest BCUT2D eigenvalue weighted by Gasteiger charge is 2.10. The summed E-state index contributed by atoms with van der Waals surface area (Å²) in [6.45, 7) is 0. The molecule has 0 atom stereocenters. The zero-order valence-corrected chi connectivity index (χ0v) is 7.66. The van der Waals surface area contributed by atoms with Crippen molar-refractivity contribution in [3.05, 3.63) is 40.7 Å². The zero-order chi connectivity index (χ0) is 10.8. The van der Waals surface area contributed by atoms with Crippen LogP contribution in [-0.4, -0.2) is 20.0 Å². The van der Waals surface area contributed by atoms with Crippen molar-refractivity contribution in [1.82, 2.24) is 14.9 Å². The van der Waals surface area contributed by atoms with Crippen LogP contribution in [0.25, 0.3) is 11.3 Å². The predicted octanol–water partition coefficient (Wildman–Crippen LogP) is -0.275. The lowest BCUT2D eigenvalue weighted by Gasteiger charge is -2.02. The third-order valence-electron chi connectivity index (χ3n) is 1.92. The van der Waals surface area contributed by atoms with Gasteiger partial charge in [-0.3, -0.25) is 4.79 Å². The Morgan fingerprint density at radius 3 is 2.53 bits per heavy atom. The molecular weight excluding hydrogens is 196 g/mol.